The number of rotatable bonds is 14. The van der Waals surface area contributed by atoms with E-state index in [2.05, 4.69) is 15.6 Å². The van der Waals surface area contributed by atoms with Crippen LogP contribution in [0.3, 0.4) is 0 Å². The van der Waals surface area contributed by atoms with Gasteiger partial charge in [0, 0.05) is 51.0 Å². The van der Waals surface area contributed by atoms with Crippen LogP contribution in [-0.4, -0.2) is 61.0 Å². The molecule has 1 heterocycles. The minimum atomic E-state index is -3.61. The second-order valence-corrected chi connectivity index (χ2v) is 11.0. The number of hydrogen-bond donors (Lipinski definition) is 3. The molecule has 3 aromatic rings. The van der Waals surface area contributed by atoms with E-state index in [9.17, 15) is 22.9 Å². The Morgan fingerprint density at radius 3 is 2.51 bits per heavy atom. The van der Waals surface area contributed by atoms with Crippen LogP contribution in [0.4, 0.5) is 24.2 Å². The smallest absolute Gasteiger partial charge is 0.465 e. The average Bonchev–Trinajstić information content (AvgIpc) is 2.96. The van der Waals surface area contributed by atoms with Crippen molar-refractivity contribution in [2.45, 2.75) is 38.3 Å². The first-order chi connectivity index (χ1) is 19.6. The highest BCUT2D eigenvalue weighted by atomic mass is 31.2. The Morgan fingerprint density at radius 2 is 1.80 bits per heavy atom. The summed E-state index contributed by atoms with van der Waals surface area (Å²) >= 11 is 0. The van der Waals surface area contributed by atoms with E-state index < -0.39 is 31.6 Å². The van der Waals surface area contributed by atoms with Crippen LogP contribution in [0.2, 0.25) is 0 Å². The molecule has 0 radical (unpaired) electrons. The van der Waals surface area contributed by atoms with Crippen LogP contribution < -0.4 is 10.6 Å². The predicted octanol–water partition coefficient (Wildman–Crippen LogP) is 5.94. The summed E-state index contributed by atoms with van der Waals surface area (Å²) < 4.78 is 54.6. The normalized spacial score (nSPS) is 12.2. The summed E-state index contributed by atoms with van der Waals surface area (Å²) in [6.45, 7) is -0.106. The Labute approximate surface area is 236 Å². The van der Waals surface area contributed by atoms with Gasteiger partial charge in [-0.05, 0) is 48.8 Å². The van der Waals surface area contributed by atoms with Crippen LogP contribution in [0.25, 0.3) is 10.8 Å². The number of carboxylic acid groups (broad SMARTS) is 1. The molecule has 0 aliphatic rings. The number of anilines is 1. The fraction of sp³-hybridized carbons (Fsp3) is 0.370. The molecule has 3 amide bonds. The number of unbranched alkanes of at least 4 members (excludes halogenated alkanes) is 1. The summed E-state index contributed by atoms with van der Waals surface area (Å²) in [5.41, 5.74) is 0.861. The third-order valence-electron chi connectivity index (χ3n) is 6.50. The zero-order chi connectivity index (χ0) is 30.0. The van der Waals surface area contributed by atoms with Crippen molar-refractivity contribution in [3.63, 3.8) is 0 Å². The highest BCUT2D eigenvalue weighted by Gasteiger charge is 2.24. The Balaban J connectivity index is 1.78. The molecule has 1 atom stereocenters. The van der Waals surface area contributed by atoms with Crippen LogP contribution in [0.5, 0.6) is 0 Å². The number of nitrogens with zero attached hydrogens (tertiary/aromatic N) is 2. The van der Waals surface area contributed by atoms with Crippen molar-refractivity contribution >= 4 is 36.5 Å². The number of amides is 3. The molecule has 0 fully saturated rings. The molecule has 2 aromatic carbocycles. The summed E-state index contributed by atoms with van der Waals surface area (Å²) in [6.07, 6.45) is 2.28. The van der Waals surface area contributed by atoms with E-state index in [0.717, 1.165) is 22.4 Å². The van der Waals surface area contributed by atoms with E-state index in [0.29, 0.717) is 25.7 Å². The van der Waals surface area contributed by atoms with Gasteiger partial charge in [-0.1, -0.05) is 30.3 Å². The number of phosphoric ester groups is 1. The van der Waals surface area contributed by atoms with Crippen molar-refractivity contribution in [1.82, 2.24) is 15.2 Å². The lowest BCUT2D eigenvalue weighted by molar-refractivity contribution is 0.148. The fourth-order valence-electron chi connectivity index (χ4n) is 4.26. The van der Waals surface area contributed by atoms with Gasteiger partial charge in [-0.2, -0.15) is 0 Å². The van der Waals surface area contributed by atoms with Crippen molar-refractivity contribution in [1.29, 1.82) is 0 Å². The Kier molecular flexibility index (Phi) is 11.5. The van der Waals surface area contributed by atoms with E-state index in [-0.39, 0.29) is 30.6 Å². The highest BCUT2D eigenvalue weighted by molar-refractivity contribution is 7.48. The lowest BCUT2D eigenvalue weighted by Gasteiger charge is -2.29. The number of benzene rings is 2. The monoisotopic (exact) mass is 594 g/mol. The molecule has 1 aromatic heterocycles. The largest absolute Gasteiger partial charge is 0.474 e. The first-order valence-electron chi connectivity index (χ1n) is 12.7. The van der Waals surface area contributed by atoms with Crippen molar-refractivity contribution in [3.8, 4) is 0 Å². The first-order valence-corrected chi connectivity index (χ1v) is 14.2. The second kappa shape index (κ2) is 14.8. The third-order valence-corrected chi connectivity index (χ3v) is 7.90. The standard InChI is InChI=1S/C27H33F2N4O7P/c1-33(26(34)31-17-20-10-7-12-23(28)25(20)29)21(11-4-5-13-40-41(37,38-2)39-3)14-18-8-6-9-19-16-30-24(15-22(18)19)32-27(35)36/h6-10,12,15-16,21H,4-5,11,13-14,17H2,1-3H3,(H,30,32)(H,31,34)(H,35,36). The Bertz CT molecular complexity index is 1400. The van der Waals surface area contributed by atoms with Gasteiger partial charge >= 0.3 is 19.9 Å². The van der Waals surface area contributed by atoms with Crippen LogP contribution in [-0.2, 0) is 31.1 Å². The van der Waals surface area contributed by atoms with Gasteiger partial charge in [0.25, 0.3) is 0 Å². The zero-order valence-corrected chi connectivity index (χ0v) is 23.8. The number of urea groups is 1. The molecule has 41 heavy (non-hydrogen) atoms. The fourth-order valence-corrected chi connectivity index (χ4v) is 4.97. The summed E-state index contributed by atoms with van der Waals surface area (Å²) in [4.78, 5) is 29.8. The van der Waals surface area contributed by atoms with E-state index in [1.54, 1.807) is 19.3 Å². The van der Waals surface area contributed by atoms with Crippen molar-refractivity contribution in [2.24, 2.45) is 0 Å². The zero-order valence-electron chi connectivity index (χ0n) is 22.9. The number of fused-ring (bicyclic) bond motifs is 1. The predicted molar refractivity (Wildman–Crippen MR) is 149 cm³/mol. The van der Waals surface area contributed by atoms with Gasteiger partial charge in [-0.3, -0.25) is 18.9 Å². The van der Waals surface area contributed by atoms with Crippen LogP contribution in [0, 0.1) is 11.6 Å². The molecule has 0 saturated carbocycles. The molecule has 0 spiro atoms. The second-order valence-electron chi connectivity index (χ2n) is 9.12. The van der Waals surface area contributed by atoms with Gasteiger partial charge in [0.2, 0.25) is 0 Å². The summed E-state index contributed by atoms with van der Waals surface area (Å²) in [7, 11) is 0.441. The van der Waals surface area contributed by atoms with Gasteiger partial charge in [0.1, 0.15) is 5.82 Å². The van der Waals surface area contributed by atoms with E-state index in [1.807, 2.05) is 18.2 Å². The number of carbonyl (C=O) groups excluding carboxylic acids is 1. The number of hydrogen-bond acceptors (Lipinski definition) is 7. The summed E-state index contributed by atoms with van der Waals surface area (Å²) in [6, 6.07) is 10.1. The number of likely N-dealkylation sites (N-methyl/N-ethyl adjacent to an activating group) is 1. The van der Waals surface area contributed by atoms with E-state index >= 15 is 0 Å². The molecule has 14 heteroatoms. The molecular formula is C27H33F2N4O7P. The molecule has 0 saturated heterocycles. The number of phosphoric acid groups is 1. The first kappa shape index (κ1) is 31.9. The molecule has 3 N–H and O–H groups in total. The van der Waals surface area contributed by atoms with Crippen molar-refractivity contribution in [2.75, 3.05) is 33.2 Å². The average molecular weight is 595 g/mol. The number of aromatic nitrogens is 1. The maximum absolute atomic E-state index is 14.1. The molecule has 0 aliphatic heterocycles. The van der Waals surface area contributed by atoms with Crippen LogP contribution >= 0.6 is 7.82 Å². The lowest BCUT2D eigenvalue weighted by Crippen LogP contribution is -2.44. The summed E-state index contributed by atoms with van der Waals surface area (Å²) in [5.74, 6) is -1.86. The molecule has 0 bridgehead atoms. The van der Waals surface area contributed by atoms with Crippen LogP contribution in [0.1, 0.15) is 30.4 Å². The maximum atomic E-state index is 14.1. The minimum Gasteiger partial charge on any atom is -0.465 e. The molecule has 3 rings (SSSR count). The lowest BCUT2D eigenvalue weighted by atomic mass is 9.96. The quantitative estimate of drug-likeness (QED) is 0.154. The molecule has 0 aliphatic carbocycles. The van der Waals surface area contributed by atoms with Crippen molar-refractivity contribution < 1.29 is 41.6 Å². The van der Waals surface area contributed by atoms with Crippen molar-refractivity contribution in [3.05, 3.63) is 71.4 Å². The number of halogens is 2. The van der Waals surface area contributed by atoms with Gasteiger partial charge in [0.15, 0.2) is 11.6 Å². The number of nitrogens with one attached hydrogen (secondary N) is 2. The molecule has 1 unspecified atom stereocenters. The van der Waals surface area contributed by atoms with E-state index in [4.69, 9.17) is 18.7 Å². The molecule has 222 valence electrons. The minimum absolute atomic E-state index is 0.0150. The molecule has 11 nitrogen and oxygen atoms in total. The highest BCUT2D eigenvalue weighted by Crippen LogP contribution is 2.47. The Hall–Kier alpha value is -3.64. The van der Waals surface area contributed by atoms with Gasteiger partial charge in [-0.15, -0.1) is 0 Å². The topological polar surface area (TPSA) is 139 Å². The summed E-state index contributed by atoms with van der Waals surface area (Å²) in [5, 5.41) is 15.5. The van der Waals surface area contributed by atoms with Gasteiger partial charge in [0.05, 0.1) is 6.61 Å². The maximum Gasteiger partial charge on any atom is 0.474 e. The number of pyridine rings is 1. The van der Waals surface area contributed by atoms with E-state index in [1.165, 1.54) is 31.3 Å². The SMILES string of the molecule is COP(=O)(OC)OCCCCC(Cc1cccc2cnc(NC(=O)O)cc12)N(C)C(=O)NCc1cccc(F)c1F. The Morgan fingerprint density at radius 1 is 1.10 bits per heavy atom. The van der Waals surface area contributed by atoms with Gasteiger partial charge < -0.3 is 15.3 Å². The third kappa shape index (κ3) is 8.92. The molecular weight excluding hydrogens is 561 g/mol. The van der Waals surface area contributed by atoms with Crippen LogP contribution in [0.15, 0.2) is 48.7 Å². The number of carbonyl (C=O) groups is 2. The van der Waals surface area contributed by atoms with Gasteiger partial charge in [-0.25, -0.2) is 27.9 Å².